The third-order valence-corrected chi connectivity index (χ3v) is 11.7. The molecule has 0 saturated carbocycles. The van der Waals surface area contributed by atoms with Crippen LogP contribution in [0.15, 0.2) is 141 Å². The molecule has 6 nitrogen and oxygen atoms in total. The molecule has 0 aliphatic heterocycles. The Morgan fingerprint density at radius 2 is 0.793 bits per heavy atom. The zero-order chi connectivity index (χ0) is 40.6. The van der Waals surface area contributed by atoms with Crippen LogP contribution in [0.1, 0.15) is 123 Å². The van der Waals surface area contributed by atoms with Crippen molar-refractivity contribution in [2.45, 2.75) is 101 Å². The minimum atomic E-state index is -0.485. The summed E-state index contributed by atoms with van der Waals surface area (Å²) in [4.78, 5) is 37.4. The molecule has 0 aromatic heterocycles. The van der Waals surface area contributed by atoms with E-state index in [2.05, 4.69) is 48.1 Å². The normalized spacial score (nSPS) is 11.3. The van der Waals surface area contributed by atoms with Gasteiger partial charge < -0.3 is 9.47 Å². The number of rotatable bonds is 24. The highest BCUT2D eigenvalue weighted by Gasteiger charge is 2.11. The van der Waals surface area contributed by atoms with Crippen molar-refractivity contribution in [3.05, 3.63) is 144 Å². The molecule has 5 aromatic carbocycles. The standard InChI is InChI=1S/C50H56N2O4S2/c1-3-5-7-9-11-13-35-57-47-31-23-43(24-32-47)51-37-39-15-19-41(20-16-39)49(53)55-45-27-29-46(30-28-45)56-50(54)42-21-17-40(18-22-42)38-52-44-25-33-48(34-26-44)58-36-14-12-10-8-6-4-2/h15-34,37-38H,3-14,35-36H2,1-2H3. The predicted octanol–water partition coefficient (Wildman–Crippen LogP) is 14.5. The van der Waals surface area contributed by atoms with Crippen molar-refractivity contribution in [1.82, 2.24) is 0 Å². The Kier molecular flexibility index (Phi) is 19.4. The Morgan fingerprint density at radius 1 is 0.448 bits per heavy atom. The van der Waals surface area contributed by atoms with E-state index in [0.717, 1.165) is 34.0 Å². The minimum Gasteiger partial charge on any atom is -0.423 e. The molecule has 0 atom stereocenters. The lowest BCUT2D eigenvalue weighted by molar-refractivity contribution is 0.0719. The van der Waals surface area contributed by atoms with Crippen LogP contribution < -0.4 is 9.47 Å². The van der Waals surface area contributed by atoms with Crippen molar-refractivity contribution < 1.29 is 19.1 Å². The Bertz CT molecular complexity index is 1860. The van der Waals surface area contributed by atoms with Gasteiger partial charge in [0.15, 0.2) is 0 Å². The maximum atomic E-state index is 12.8. The number of hydrogen-bond donors (Lipinski definition) is 0. The summed E-state index contributed by atoms with van der Waals surface area (Å²) in [6, 6.07) is 37.2. The molecule has 302 valence electrons. The molecule has 58 heavy (non-hydrogen) atoms. The van der Waals surface area contributed by atoms with Crippen LogP contribution in [0.3, 0.4) is 0 Å². The van der Waals surface area contributed by atoms with Gasteiger partial charge in [-0.3, -0.25) is 9.98 Å². The maximum Gasteiger partial charge on any atom is 0.343 e. The van der Waals surface area contributed by atoms with Crippen LogP contribution in [-0.4, -0.2) is 35.9 Å². The average Bonchev–Trinajstić information content (AvgIpc) is 3.26. The first-order valence-electron chi connectivity index (χ1n) is 20.8. The molecule has 0 heterocycles. The van der Waals surface area contributed by atoms with Crippen LogP contribution in [0, 0.1) is 0 Å². The summed E-state index contributed by atoms with van der Waals surface area (Å²) in [6.45, 7) is 4.50. The molecule has 5 rings (SSSR count). The van der Waals surface area contributed by atoms with Gasteiger partial charge in [0.2, 0.25) is 0 Å². The second-order valence-electron chi connectivity index (χ2n) is 14.2. The lowest BCUT2D eigenvalue weighted by Crippen LogP contribution is -2.09. The van der Waals surface area contributed by atoms with Crippen LogP contribution in [0.5, 0.6) is 11.5 Å². The first-order valence-corrected chi connectivity index (χ1v) is 22.7. The number of nitrogens with zero attached hydrogens (tertiary/aromatic N) is 2. The Labute approximate surface area is 354 Å². The van der Waals surface area contributed by atoms with Crippen LogP contribution in [0.4, 0.5) is 11.4 Å². The van der Waals surface area contributed by atoms with Crippen LogP contribution in [0.2, 0.25) is 0 Å². The summed E-state index contributed by atoms with van der Waals surface area (Å²) < 4.78 is 11.1. The van der Waals surface area contributed by atoms with E-state index in [-0.39, 0.29) is 0 Å². The van der Waals surface area contributed by atoms with Crippen molar-refractivity contribution >= 4 is 59.3 Å². The van der Waals surface area contributed by atoms with Crippen molar-refractivity contribution in [1.29, 1.82) is 0 Å². The lowest BCUT2D eigenvalue weighted by Gasteiger charge is -2.07. The predicted molar refractivity (Wildman–Crippen MR) is 245 cm³/mol. The number of carbonyl (C=O) groups is 2. The second-order valence-corrected chi connectivity index (χ2v) is 16.6. The summed E-state index contributed by atoms with van der Waals surface area (Å²) in [5, 5.41) is 0. The van der Waals surface area contributed by atoms with E-state index in [1.54, 1.807) is 61.0 Å². The Morgan fingerprint density at radius 3 is 1.16 bits per heavy atom. The van der Waals surface area contributed by atoms with E-state index in [9.17, 15) is 9.59 Å². The van der Waals surface area contributed by atoms with E-state index in [1.807, 2.05) is 72.1 Å². The molecule has 0 unspecified atom stereocenters. The van der Waals surface area contributed by atoms with Crippen molar-refractivity contribution in [2.75, 3.05) is 11.5 Å². The van der Waals surface area contributed by atoms with E-state index in [1.165, 1.54) is 86.8 Å². The SMILES string of the molecule is CCCCCCCCSc1ccc(N=Cc2ccc(C(=O)Oc3ccc(OC(=O)c4ccc(C=Nc5ccc(SCCCCCCCC)cc5)cc4)cc3)cc2)cc1. The van der Waals surface area contributed by atoms with Gasteiger partial charge in [0, 0.05) is 22.2 Å². The van der Waals surface area contributed by atoms with Gasteiger partial charge in [0.05, 0.1) is 22.5 Å². The van der Waals surface area contributed by atoms with Crippen molar-refractivity contribution in [3.8, 4) is 11.5 Å². The molecular formula is C50H56N2O4S2. The largest absolute Gasteiger partial charge is 0.423 e. The molecule has 0 saturated heterocycles. The van der Waals surface area contributed by atoms with Gasteiger partial charge in [-0.25, -0.2) is 9.59 Å². The van der Waals surface area contributed by atoms with Crippen LogP contribution in [-0.2, 0) is 0 Å². The molecular weight excluding hydrogens is 757 g/mol. The number of thioether (sulfide) groups is 2. The smallest absolute Gasteiger partial charge is 0.343 e. The number of carbonyl (C=O) groups excluding carboxylic acids is 2. The van der Waals surface area contributed by atoms with Gasteiger partial charge in [-0.2, -0.15) is 0 Å². The average molecular weight is 813 g/mol. The molecule has 5 aromatic rings. The van der Waals surface area contributed by atoms with Gasteiger partial charge in [-0.15, -0.1) is 23.5 Å². The Balaban J connectivity index is 1.01. The lowest BCUT2D eigenvalue weighted by atomic mass is 10.1. The molecule has 0 radical (unpaired) electrons. The molecule has 0 spiro atoms. The summed E-state index contributed by atoms with van der Waals surface area (Å²) in [7, 11) is 0. The van der Waals surface area contributed by atoms with Gasteiger partial charge in [0.1, 0.15) is 11.5 Å². The van der Waals surface area contributed by atoms with E-state index in [0.29, 0.717) is 22.6 Å². The summed E-state index contributed by atoms with van der Waals surface area (Å²) in [5.74, 6) is 2.00. The number of ether oxygens (including phenoxy) is 2. The van der Waals surface area contributed by atoms with Crippen molar-refractivity contribution in [2.24, 2.45) is 9.98 Å². The molecule has 8 heteroatoms. The fraction of sp³-hybridized carbons (Fsp3) is 0.320. The third kappa shape index (κ3) is 16.1. The molecule has 0 fully saturated rings. The highest BCUT2D eigenvalue weighted by molar-refractivity contribution is 7.99. The second kappa shape index (κ2) is 25.4. The first kappa shape index (κ1) is 44.2. The highest BCUT2D eigenvalue weighted by atomic mass is 32.2. The summed E-state index contributed by atoms with van der Waals surface area (Å²) in [6.07, 6.45) is 19.3. The summed E-state index contributed by atoms with van der Waals surface area (Å²) in [5.41, 5.74) is 4.34. The number of benzene rings is 5. The zero-order valence-electron chi connectivity index (χ0n) is 33.9. The first-order chi connectivity index (χ1) is 28.5. The minimum absolute atomic E-state index is 0.342. The van der Waals surface area contributed by atoms with Gasteiger partial charge in [-0.1, -0.05) is 102 Å². The fourth-order valence-corrected chi connectivity index (χ4v) is 7.84. The van der Waals surface area contributed by atoms with Crippen LogP contribution in [0.25, 0.3) is 0 Å². The van der Waals surface area contributed by atoms with Gasteiger partial charge >= 0.3 is 11.9 Å². The number of hydrogen-bond acceptors (Lipinski definition) is 8. The summed E-state index contributed by atoms with van der Waals surface area (Å²) >= 11 is 3.80. The number of esters is 2. The molecule has 0 aliphatic carbocycles. The van der Waals surface area contributed by atoms with Crippen molar-refractivity contribution in [3.63, 3.8) is 0 Å². The van der Waals surface area contributed by atoms with E-state index >= 15 is 0 Å². The molecule has 0 N–H and O–H groups in total. The Hall–Kier alpha value is -4.92. The maximum absolute atomic E-state index is 12.8. The van der Waals surface area contributed by atoms with Gasteiger partial charge in [0.25, 0.3) is 0 Å². The molecule has 0 bridgehead atoms. The van der Waals surface area contributed by atoms with E-state index < -0.39 is 11.9 Å². The highest BCUT2D eigenvalue weighted by Crippen LogP contribution is 2.25. The quantitative estimate of drug-likeness (QED) is 0.0203. The van der Waals surface area contributed by atoms with E-state index in [4.69, 9.17) is 9.47 Å². The monoisotopic (exact) mass is 812 g/mol. The fourth-order valence-electron chi connectivity index (χ4n) is 6.02. The zero-order valence-corrected chi connectivity index (χ0v) is 35.6. The number of unbranched alkanes of at least 4 members (excludes halogenated alkanes) is 10. The topological polar surface area (TPSA) is 77.3 Å². The van der Waals surface area contributed by atoms with Crippen LogP contribution >= 0.6 is 23.5 Å². The van der Waals surface area contributed by atoms with Gasteiger partial charge in [-0.05, 0) is 133 Å². The molecule has 0 aliphatic rings. The number of aliphatic imine (C=N–C) groups is 2. The molecule has 0 amide bonds. The third-order valence-electron chi connectivity index (χ3n) is 9.47.